The highest BCUT2D eigenvalue weighted by atomic mass is 28.4. The van der Waals surface area contributed by atoms with Gasteiger partial charge in [0.05, 0.1) is 11.7 Å². The summed E-state index contributed by atoms with van der Waals surface area (Å²) in [5.41, 5.74) is 0.450. The van der Waals surface area contributed by atoms with Gasteiger partial charge in [-0.1, -0.05) is 46.8 Å². The van der Waals surface area contributed by atoms with Gasteiger partial charge in [-0.05, 0) is 73.6 Å². The fourth-order valence-corrected chi connectivity index (χ4v) is 7.21. The van der Waals surface area contributed by atoms with E-state index in [2.05, 4.69) is 66.4 Å². The molecule has 0 heterocycles. The first kappa shape index (κ1) is 20.4. The Kier molecular flexibility index (Phi) is 4.74. The Hall–Kier alpha value is -0.383. The van der Waals surface area contributed by atoms with Crippen molar-refractivity contribution in [2.24, 2.45) is 16.7 Å². The zero-order valence-corrected chi connectivity index (χ0v) is 19.1. The quantitative estimate of drug-likeness (QED) is 0.465. The molecule has 148 valence electrons. The van der Waals surface area contributed by atoms with E-state index in [1.165, 1.54) is 12.0 Å². The van der Waals surface area contributed by atoms with Gasteiger partial charge >= 0.3 is 0 Å². The second-order valence-electron chi connectivity index (χ2n) is 11.2. The van der Waals surface area contributed by atoms with E-state index in [4.69, 9.17) is 4.43 Å². The number of hydrogen-bond donors (Lipinski definition) is 1. The van der Waals surface area contributed by atoms with Gasteiger partial charge in [-0.3, -0.25) is 0 Å². The second-order valence-corrected chi connectivity index (χ2v) is 16.0. The van der Waals surface area contributed by atoms with Gasteiger partial charge in [0.15, 0.2) is 8.32 Å². The van der Waals surface area contributed by atoms with Crippen molar-refractivity contribution in [3.63, 3.8) is 0 Å². The zero-order chi connectivity index (χ0) is 19.6. The first-order valence-electron chi connectivity index (χ1n) is 10.6. The molecule has 0 spiro atoms. The van der Waals surface area contributed by atoms with E-state index in [9.17, 15) is 5.11 Å². The van der Waals surface area contributed by atoms with E-state index in [0.29, 0.717) is 5.92 Å². The van der Waals surface area contributed by atoms with Gasteiger partial charge in [0.25, 0.3) is 0 Å². The third-order valence-electron chi connectivity index (χ3n) is 8.79. The third kappa shape index (κ3) is 2.64. The van der Waals surface area contributed by atoms with Gasteiger partial charge in [0, 0.05) is 5.41 Å². The molecule has 3 aliphatic rings. The molecule has 3 unspecified atom stereocenters. The Morgan fingerprint density at radius 1 is 1.27 bits per heavy atom. The Morgan fingerprint density at radius 3 is 2.46 bits per heavy atom. The summed E-state index contributed by atoms with van der Waals surface area (Å²) in [5.74, 6) is 0.591. The molecule has 2 saturated carbocycles. The number of fused-ring (bicyclic) bond motifs is 2. The Morgan fingerprint density at radius 2 is 1.92 bits per heavy atom. The molecule has 1 N–H and O–H groups in total. The van der Waals surface area contributed by atoms with Crippen LogP contribution in [-0.4, -0.2) is 25.1 Å². The predicted octanol–water partition coefficient (Wildman–Crippen LogP) is 6.23. The van der Waals surface area contributed by atoms with Crippen LogP contribution in [0, 0.1) is 16.7 Å². The van der Waals surface area contributed by atoms with Crippen molar-refractivity contribution in [1.29, 1.82) is 0 Å². The molecule has 0 aliphatic heterocycles. The fraction of sp³-hybridized carbons (Fsp3) is 0.826. The molecule has 0 radical (unpaired) electrons. The van der Waals surface area contributed by atoms with Crippen LogP contribution < -0.4 is 0 Å². The summed E-state index contributed by atoms with van der Waals surface area (Å²) in [6.07, 6.45) is 11.0. The molecule has 2 nitrogen and oxygen atoms in total. The number of hydrogen-bond acceptors (Lipinski definition) is 2. The molecular weight excluding hydrogens is 336 g/mol. The van der Waals surface area contributed by atoms with Gasteiger partial charge in [0.2, 0.25) is 0 Å². The van der Waals surface area contributed by atoms with Gasteiger partial charge in [-0.15, -0.1) is 6.58 Å². The molecule has 0 saturated heterocycles. The fourth-order valence-electron chi connectivity index (χ4n) is 5.91. The largest absolute Gasteiger partial charge is 0.411 e. The van der Waals surface area contributed by atoms with Crippen LogP contribution in [0.5, 0.6) is 0 Å². The molecule has 0 aromatic heterocycles. The van der Waals surface area contributed by atoms with Crippen LogP contribution in [0.4, 0.5) is 0 Å². The van der Waals surface area contributed by atoms with Gasteiger partial charge in [0.1, 0.15) is 0 Å². The van der Waals surface area contributed by atoms with Crippen LogP contribution in [0.3, 0.4) is 0 Å². The molecule has 0 amide bonds. The topological polar surface area (TPSA) is 29.5 Å². The van der Waals surface area contributed by atoms with Crippen LogP contribution in [0.25, 0.3) is 0 Å². The van der Waals surface area contributed by atoms with Crippen molar-refractivity contribution in [2.45, 2.75) is 103 Å². The summed E-state index contributed by atoms with van der Waals surface area (Å²) < 4.78 is 6.70. The molecule has 2 bridgehead atoms. The predicted molar refractivity (Wildman–Crippen MR) is 113 cm³/mol. The molecule has 0 aromatic rings. The first-order valence-corrected chi connectivity index (χ1v) is 13.5. The molecule has 3 rings (SSSR count). The molecule has 2 fully saturated rings. The van der Waals surface area contributed by atoms with Crippen molar-refractivity contribution in [3.8, 4) is 0 Å². The number of rotatable bonds is 4. The van der Waals surface area contributed by atoms with Crippen molar-refractivity contribution >= 4 is 8.32 Å². The smallest absolute Gasteiger partial charge is 0.192 e. The van der Waals surface area contributed by atoms with E-state index in [-0.39, 0.29) is 22.0 Å². The zero-order valence-electron chi connectivity index (χ0n) is 18.1. The molecule has 3 aliphatic carbocycles. The van der Waals surface area contributed by atoms with Crippen molar-refractivity contribution < 1.29 is 9.53 Å². The average Bonchev–Trinajstić information content (AvgIpc) is 2.87. The minimum atomic E-state index is -1.80. The standard InChI is InChI=1S/C23H40O2Si/c1-9-22-14-13-18(21(22,5)6)16-23(22,24)17-11-10-12-19(15-17)25-26(7,8)20(2,3)4/h9,15,18-19,24H,1,10-14,16H2,2-8H3/t18?,19-,22?,23?/m0/s1. The summed E-state index contributed by atoms with van der Waals surface area (Å²) in [4.78, 5) is 0. The second kappa shape index (κ2) is 6.06. The summed E-state index contributed by atoms with van der Waals surface area (Å²) in [5, 5.41) is 12.2. The summed E-state index contributed by atoms with van der Waals surface area (Å²) in [7, 11) is -1.80. The van der Waals surface area contributed by atoms with E-state index < -0.39 is 13.9 Å². The van der Waals surface area contributed by atoms with Crippen molar-refractivity contribution in [1.82, 2.24) is 0 Å². The first-order chi connectivity index (χ1) is 11.8. The Bertz CT molecular complexity index is 612. The lowest BCUT2D eigenvalue weighted by Gasteiger charge is -2.48. The van der Waals surface area contributed by atoms with Crippen molar-refractivity contribution in [2.75, 3.05) is 0 Å². The SMILES string of the molecule is C=CC12CCC(CC1(O)C1=C[C@@H](O[Si](C)(C)C(C)(C)C)CCC1)C2(C)C. The highest BCUT2D eigenvalue weighted by molar-refractivity contribution is 6.74. The molecule has 3 heteroatoms. The third-order valence-corrected chi connectivity index (χ3v) is 13.3. The molecule has 26 heavy (non-hydrogen) atoms. The minimum absolute atomic E-state index is 0.123. The van der Waals surface area contributed by atoms with E-state index in [1.807, 2.05) is 0 Å². The maximum atomic E-state index is 12.0. The highest BCUT2D eigenvalue weighted by Gasteiger charge is 2.70. The van der Waals surface area contributed by atoms with Gasteiger partial charge in [-0.2, -0.15) is 0 Å². The van der Waals surface area contributed by atoms with Crippen LogP contribution in [-0.2, 0) is 4.43 Å². The van der Waals surface area contributed by atoms with Gasteiger partial charge < -0.3 is 9.53 Å². The highest BCUT2D eigenvalue weighted by Crippen LogP contribution is 2.72. The molecule has 4 atom stereocenters. The summed E-state index contributed by atoms with van der Waals surface area (Å²) in [6, 6.07) is 0. The van der Waals surface area contributed by atoms with Crippen LogP contribution in [0.15, 0.2) is 24.3 Å². The lowest BCUT2D eigenvalue weighted by molar-refractivity contribution is -0.0447. The molecular formula is C23H40O2Si. The Labute approximate surface area is 162 Å². The van der Waals surface area contributed by atoms with E-state index in [0.717, 1.165) is 32.1 Å². The number of aliphatic hydroxyl groups is 1. The van der Waals surface area contributed by atoms with Gasteiger partial charge in [-0.25, -0.2) is 0 Å². The maximum absolute atomic E-state index is 12.0. The van der Waals surface area contributed by atoms with Crippen LogP contribution >= 0.6 is 0 Å². The van der Waals surface area contributed by atoms with Crippen LogP contribution in [0.2, 0.25) is 18.1 Å². The minimum Gasteiger partial charge on any atom is -0.411 e. The van der Waals surface area contributed by atoms with E-state index in [1.54, 1.807) is 0 Å². The lowest BCUT2D eigenvalue weighted by Crippen LogP contribution is -2.50. The van der Waals surface area contributed by atoms with Crippen molar-refractivity contribution in [3.05, 3.63) is 24.3 Å². The average molecular weight is 377 g/mol. The van der Waals surface area contributed by atoms with E-state index >= 15 is 0 Å². The lowest BCUT2D eigenvalue weighted by atomic mass is 9.60. The summed E-state index contributed by atoms with van der Waals surface area (Å²) in [6.45, 7) is 20.4. The normalized spacial score (nSPS) is 39.8. The van der Waals surface area contributed by atoms with Crippen LogP contribution in [0.1, 0.15) is 73.1 Å². The maximum Gasteiger partial charge on any atom is 0.192 e. The summed E-state index contributed by atoms with van der Waals surface area (Å²) >= 11 is 0. The monoisotopic (exact) mass is 376 g/mol. The Balaban J connectivity index is 1.92. The molecule has 0 aromatic carbocycles.